The van der Waals surface area contributed by atoms with Gasteiger partial charge in [-0.25, -0.2) is 4.98 Å². The molecule has 0 saturated heterocycles. The Morgan fingerprint density at radius 1 is 1.27 bits per heavy atom. The highest BCUT2D eigenvalue weighted by Crippen LogP contribution is 2.43. The number of hydrogen-bond donors (Lipinski definition) is 0. The van der Waals surface area contributed by atoms with E-state index < -0.39 is 0 Å². The van der Waals surface area contributed by atoms with E-state index in [2.05, 4.69) is 35.6 Å². The lowest BCUT2D eigenvalue weighted by Crippen LogP contribution is -2.35. The summed E-state index contributed by atoms with van der Waals surface area (Å²) >= 11 is 0. The van der Waals surface area contributed by atoms with Crippen molar-refractivity contribution in [2.75, 3.05) is 45.2 Å². The number of nitrogens with zero attached hydrogens (tertiary/aromatic N) is 7. The summed E-state index contributed by atoms with van der Waals surface area (Å²) in [6.07, 6.45) is 4.07. The number of likely N-dealkylation sites (N-methyl/N-ethyl adjacent to an activating group) is 1. The maximum Gasteiger partial charge on any atom is 0.230 e. The lowest BCUT2D eigenvalue weighted by molar-refractivity contribution is 0.261. The fourth-order valence-corrected chi connectivity index (χ4v) is 4.03. The highest BCUT2D eigenvalue weighted by atomic mass is 16.5. The molecular weight excluding hydrogens is 382 g/mol. The molecule has 1 fully saturated rings. The van der Waals surface area contributed by atoms with Gasteiger partial charge in [0.05, 0.1) is 17.8 Å². The summed E-state index contributed by atoms with van der Waals surface area (Å²) in [6.45, 7) is 2.98. The Bertz CT molecular complexity index is 1140. The molecule has 2 aromatic heterocycles. The van der Waals surface area contributed by atoms with Crippen LogP contribution in [0.25, 0.3) is 17.2 Å². The minimum absolute atomic E-state index is 0.413. The van der Waals surface area contributed by atoms with Gasteiger partial charge in [0.2, 0.25) is 11.7 Å². The summed E-state index contributed by atoms with van der Waals surface area (Å²) in [4.78, 5) is 18.4. The predicted molar refractivity (Wildman–Crippen MR) is 112 cm³/mol. The van der Waals surface area contributed by atoms with Crippen molar-refractivity contribution >= 4 is 11.7 Å². The highest BCUT2D eigenvalue weighted by Gasteiger charge is 2.37. The van der Waals surface area contributed by atoms with Crippen LogP contribution in [0.15, 0.2) is 34.0 Å². The van der Waals surface area contributed by atoms with Crippen LogP contribution >= 0.6 is 0 Å². The van der Waals surface area contributed by atoms with Crippen LogP contribution in [0.4, 0.5) is 5.82 Å². The molecule has 3 aliphatic rings. The standard InChI is InChI=1S/C21H23N7O2/c1-26(2)10-11-29-15-5-3-4-14-16(15)19-22-8-9-27(19)21-17(23-12-28(14)21)18-24-20(30-25-18)13-6-7-13/h3-5,12-13H,6-11H2,1-2H3. The number of aliphatic imine (C=N–C) groups is 1. The Morgan fingerprint density at radius 3 is 3.00 bits per heavy atom. The lowest BCUT2D eigenvalue weighted by atomic mass is 10.1. The fraction of sp³-hybridized carbons (Fsp3) is 0.429. The van der Waals surface area contributed by atoms with E-state index in [1.54, 1.807) is 0 Å². The Labute approximate surface area is 174 Å². The maximum absolute atomic E-state index is 6.14. The molecule has 0 radical (unpaired) electrons. The van der Waals surface area contributed by atoms with E-state index in [0.29, 0.717) is 18.3 Å². The Balaban J connectivity index is 1.44. The molecule has 3 aromatic rings. The smallest absolute Gasteiger partial charge is 0.230 e. The summed E-state index contributed by atoms with van der Waals surface area (Å²) < 4.78 is 13.7. The van der Waals surface area contributed by atoms with Crippen LogP contribution < -0.4 is 9.64 Å². The number of anilines is 1. The van der Waals surface area contributed by atoms with Crippen LogP contribution in [0.2, 0.25) is 0 Å². The number of ether oxygens (including phenoxy) is 1. The van der Waals surface area contributed by atoms with Crippen LogP contribution in [0.3, 0.4) is 0 Å². The Kier molecular flexibility index (Phi) is 3.92. The average Bonchev–Trinajstić information content (AvgIpc) is 3.14. The molecule has 0 N–H and O–H groups in total. The summed E-state index contributed by atoms with van der Waals surface area (Å²) in [5, 5.41) is 4.21. The van der Waals surface area contributed by atoms with Gasteiger partial charge in [0, 0.05) is 19.0 Å². The molecule has 30 heavy (non-hydrogen) atoms. The lowest BCUT2D eigenvalue weighted by Gasteiger charge is -2.30. The molecule has 6 rings (SSSR count). The first kappa shape index (κ1) is 17.6. The van der Waals surface area contributed by atoms with Crippen molar-refractivity contribution < 1.29 is 9.26 Å². The second kappa shape index (κ2) is 6.66. The van der Waals surface area contributed by atoms with E-state index in [9.17, 15) is 0 Å². The summed E-state index contributed by atoms with van der Waals surface area (Å²) in [7, 11) is 4.08. The number of fused-ring (bicyclic) bond motifs is 6. The van der Waals surface area contributed by atoms with E-state index in [1.165, 1.54) is 0 Å². The second-order valence-electron chi connectivity index (χ2n) is 8.18. The molecular formula is C21H23N7O2. The van der Waals surface area contributed by atoms with E-state index in [1.807, 2.05) is 32.6 Å². The number of hydrogen-bond acceptors (Lipinski definition) is 8. The number of aromatic nitrogens is 4. The van der Waals surface area contributed by atoms with Gasteiger partial charge >= 0.3 is 0 Å². The van der Waals surface area contributed by atoms with Crippen molar-refractivity contribution in [3.05, 3.63) is 36.0 Å². The third kappa shape index (κ3) is 2.72. The van der Waals surface area contributed by atoms with Gasteiger partial charge in [-0.2, -0.15) is 4.98 Å². The van der Waals surface area contributed by atoms with Gasteiger partial charge in [0.25, 0.3) is 0 Å². The van der Waals surface area contributed by atoms with Crippen LogP contribution in [0.1, 0.15) is 30.2 Å². The number of amidine groups is 1. The molecule has 0 amide bonds. The largest absolute Gasteiger partial charge is 0.491 e. The number of rotatable bonds is 6. The Morgan fingerprint density at radius 2 is 2.17 bits per heavy atom. The topological polar surface area (TPSA) is 84.8 Å². The molecule has 0 atom stereocenters. The zero-order valence-electron chi connectivity index (χ0n) is 17.1. The van der Waals surface area contributed by atoms with Gasteiger partial charge in [0.15, 0.2) is 11.5 Å². The van der Waals surface area contributed by atoms with Gasteiger partial charge in [-0.15, -0.1) is 0 Å². The minimum Gasteiger partial charge on any atom is -0.491 e. The molecule has 0 spiro atoms. The van der Waals surface area contributed by atoms with Crippen LogP contribution in [0.5, 0.6) is 5.75 Å². The highest BCUT2D eigenvalue weighted by molar-refractivity contribution is 6.17. The molecule has 9 heteroatoms. The third-order valence-electron chi connectivity index (χ3n) is 5.70. The van der Waals surface area contributed by atoms with Crippen molar-refractivity contribution in [2.45, 2.75) is 18.8 Å². The molecule has 0 bridgehead atoms. The first-order valence-electron chi connectivity index (χ1n) is 10.4. The summed E-state index contributed by atoms with van der Waals surface area (Å²) in [5.74, 6) is 4.37. The van der Waals surface area contributed by atoms with Crippen LogP contribution in [-0.2, 0) is 0 Å². The van der Waals surface area contributed by atoms with Crippen molar-refractivity contribution in [3.8, 4) is 23.0 Å². The second-order valence-corrected chi connectivity index (χ2v) is 8.18. The van der Waals surface area contributed by atoms with Crippen molar-refractivity contribution in [1.29, 1.82) is 0 Å². The summed E-state index contributed by atoms with van der Waals surface area (Å²) in [6, 6.07) is 6.10. The molecule has 2 aliphatic heterocycles. The first-order valence-corrected chi connectivity index (χ1v) is 10.4. The third-order valence-corrected chi connectivity index (χ3v) is 5.70. The first-order chi connectivity index (χ1) is 14.7. The number of benzene rings is 1. The average molecular weight is 405 g/mol. The van der Waals surface area contributed by atoms with Crippen molar-refractivity contribution in [2.24, 2.45) is 4.99 Å². The molecule has 1 aliphatic carbocycles. The Hall–Kier alpha value is -3.20. The van der Waals surface area contributed by atoms with Crippen molar-refractivity contribution in [1.82, 2.24) is 24.6 Å². The molecule has 0 unspecified atom stereocenters. The summed E-state index contributed by atoms with van der Waals surface area (Å²) in [5.41, 5.74) is 2.75. The molecule has 4 heterocycles. The zero-order valence-corrected chi connectivity index (χ0v) is 17.1. The molecule has 154 valence electrons. The molecule has 9 nitrogen and oxygen atoms in total. The van der Waals surface area contributed by atoms with Gasteiger partial charge < -0.3 is 19.1 Å². The van der Waals surface area contributed by atoms with Gasteiger partial charge in [-0.05, 0) is 39.1 Å². The van der Waals surface area contributed by atoms with Gasteiger partial charge in [-0.3, -0.25) is 9.56 Å². The van der Waals surface area contributed by atoms with Gasteiger partial charge in [0.1, 0.15) is 24.5 Å². The quantitative estimate of drug-likeness (QED) is 0.622. The van der Waals surface area contributed by atoms with Crippen molar-refractivity contribution in [3.63, 3.8) is 0 Å². The van der Waals surface area contributed by atoms with E-state index in [0.717, 1.165) is 72.7 Å². The normalized spacial score (nSPS) is 17.0. The SMILES string of the molecule is CN(C)CCOc1cccc2c1C1=NCCN1c1c(-c3noc(C4CC4)n3)ncn1-2. The van der Waals surface area contributed by atoms with E-state index in [-0.39, 0.29) is 0 Å². The molecule has 1 saturated carbocycles. The maximum atomic E-state index is 6.14. The van der Waals surface area contributed by atoms with Gasteiger partial charge in [-0.1, -0.05) is 11.2 Å². The van der Waals surface area contributed by atoms with Crippen LogP contribution in [-0.4, -0.2) is 70.8 Å². The fourth-order valence-electron chi connectivity index (χ4n) is 4.03. The molecule has 1 aromatic carbocycles. The number of imidazole rings is 1. The zero-order chi connectivity index (χ0) is 20.2. The predicted octanol–water partition coefficient (Wildman–Crippen LogP) is 2.32. The van der Waals surface area contributed by atoms with E-state index >= 15 is 0 Å². The monoisotopic (exact) mass is 405 g/mol. The van der Waals surface area contributed by atoms with Crippen LogP contribution in [0, 0.1) is 0 Å². The van der Waals surface area contributed by atoms with E-state index in [4.69, 9.17) is 14.3 Å². The minimum atomic E-state index is 0.413.